The third-order valence-electron chi connectivity index (χ3n) is 4.64. The molecule has 1 N–H and O–H groups in total. The molecule has 1 fully saturated rings. The Morgan fingerprint density at radius 3 is 2.74 bits per heavy atom. The fourth-order valence-corrected chi connectivity index (χ4v) is 2.88. The Morgan fingerprint density at radius 1 is 1.47 bits per heavy atom. The van der Waals surface area contributed by atoms with Crippen LogP contribution in [0.4, 0.5) is 0 Å². The van der Waals surface area contributed by atoms with Gasteiger partial charge in [0, 0.05) is 18.5 Å². The molecule has 0 amide bonds. The van der Waals surface area contributed by atoms with Crippen LogP contribution < -0.4 is 0 Å². The second kappa shape index (κ2) is 5.59. The van der Waals surface area contributed by atoms with Gasteiger partial charge >= 0.3 is 0 Å². The van der Waals surface area contributed by atoms with Gasteiger partial charge in [0.25, 0.3) is 0 Å². The van der Waals surface area contributed by atoms with Crippen LogP contribution in [0.5, 0.6) is 0 Å². The third kappa shape index (κ3) is 3.15. The fourth-order valence-electron chi connectivity index (χ4n) is 2.88. The zero-order chi connectivity index (χ0) is 14.0. The molecule has 1 aliphatic rings. The van der Waals surface area contributed by atoms with Crippen LogP contribution in [0, 0.1) is 5.92 Å². The van der Waals surface area contributed by atoms with E-state index in [1.54, 1.807) is 0 Å². The van der Waals surface area contributed by atoms with E-state index in [-0.39, 0.29) is 0 Å². The normalized spacial score (nSPS) is 23.4. The number of aryl methyl sites for hydroxylation is 1. The summed E-state index contributed by atoms with van der Waals surface area (Å²) in [5.41, 5.74) is 0.296. The molecule has 1 atom stereocenters. The molecular weight excluding hydrogens is 238 g/mol. The van der Waals surface area contributed by atoms with Crippen molar-refractivity contribution in [3.8, 4) is 0 Å². The first-order chi connectivity index (χ1) is 8.93. The molecule has 2 rings (SSSR count). The Kier molecular flexibility index (Phi) is 4.26. The highest BCUT2D eigenvalue weighted by molar-refractivity contribution is 4.95. The van der Waals surface area contributed by atoms with E-state index < -0.39 is 0 Å². The van der Waals surface area contributed by atoms with Crippen molar-refractivity contribution in [1.82, 2.24) is 25.0 Å². The van der Waals surface area contributed by atoms with Crippen molar-refractivity contribution < 1.29 is 0 Å². The topological polar surface area (TPSA) is 48.1 Å². The van der Waals surface area contributed by atoms with Crippen molar-refractivity contribution >= 4 is 0 Å². The summed E-state index contributed by atoms with van der Waals surface area (Å²) in [5.74, 6) is 2.60. The fraction of sp³-hybridized carbons (Fsp3) is 0.857. The van der Waals surface area contributed by atoms with E-state index in [0.29, 0.717) is 5.54 Å². The monoisotopic (exact) mass is 265 g/mol. The van der Waals surface area contributed by atoms with Crippen LogP contribution in [-0.2, 0) is 13.0 Å². The van der Waals surface area contributed by atoms with E-state index in [1.807, 2.05) is 0 Å². The van der Waals surface area contributed by atoms with Crippen molar-refractivity contribution in [2.24, 2.45) is 5.92 Å². The lowest BCUT2D eigenvalue weighted by Gasteiger charge is -2.35. The molecule has 1 aromatic rings. The second-order valence-corrected chi connectivity index (χ2v) is 6.31. The van der Waals surface area contributed by atoms with Crippen LogP contribution in [0.15, 0.2) is 0 Å². The van der Waals surface area contributed by atoms with E-state index in [1.165, 1.54) is 13.0 Å². The van der Waals surface area contributed by atoms with Crippen LogP contribution in [0.25, 0.3) is 0 Å². The number of hydrogen-bond acceptors (Lipinski definition) is 4. The minimum Gasteiger partial charge on any atom is -0.301 e. The van der Waals surface area contributed by atoms with Gasteiger partial charge in [0.15, 0.2) is 0 Å². The van der Waals surface area contributed by atoms with Gasteiger partial charge in [0.2, 0.25) is 0 Å². The highest BCUT2D eigenvalue weighted by Gasteiger charge is 2.39. The molecule has 0 aromatic carbocycles. The first-order valence-corrected chi connectivity index (χ1v) is 7.23. The average molecular weight is 265 g/mol. The van der Waals surface area contributed by atoms with Crippen molar-refractivity contribution in [3.05, 3.63) is 11.6 Å². The van der Waals surface area contributed by atoms with Crippen LogP contribution >= 0.6 is 0 Å². The maximum atomic E-state index is 4.48. The summed E-state index contributed by atoms with van der Waals surface area (Å²) in [4.78, 5) is 9.30. The van der Waals surface area contributed by atoms with Crippen LogP contribution in [-0.4, -0.2) is 57.7 Å². The van der Waals surface area contributed by atoms with Crippen molar-refractivity contribution in [3.63, 3.8) is 0 Å². The van der Waals surface area contributed by atoms with E-state index >= 15 is 0 Å². The van der Waals surface area contributed by atoms with Gasteiger partial charge < -0.3 is 4.90 Å². The van der Waals surface area contributed by atoms with Gasteiger partial charge in [-0.15, -0.1) is 0 Å². The predicted octanol–water partition coefficient (Wildman–Crippen LogP) is 1.53. The highest BCUT2D eigenvalue weighted by atomic mass is 15.3. The molecule has 0 spiro atoms. The van der Waals surface area contributed by atoms with Crippen LogP contribution in [0.3, 0.4) is 0 Å². The van der Waals surface area contributed by atoms with Gasteiger partial charge in [0.05, 0.1) is 6.54 Å². The standard InChI is InChI=1S/C14H27N5/c1-6-12-15-13(17-16-12)10-18(4)9-11-7-8-19(5)14(11,2)3/h11H,6-10H2,1-5H3,(H,15,16,17). The van der Waals surface area contributed by atoms with E-state index in [9.17, 15) is 0 Å². The minimum absolute atomic E-state index is 0.296. The molecule has 1 aromatic heterocycles. The predicted molar refractivity (Wildman–Crippen MR) is 76.9 cm³/mol. The molecule has 0 aliphatic carbocycles. The summed E-state index contributed by atoms with van der Waals surface area (Å²) < 4.78 is 0. The third-order valence-corrected chi connectivity index (χ3v) is 4.64. The molecule has 0 saturated carbocycles. The summed E-state index contributed by atoms with van der Waals surface area (Å²) >= 11 is 0. The second-order valence-electron chi connectivity index (χ2n) is 6.31. The van der Waals surface area contributed by atoms with Gasteiger partial charge in [0.1, 0.15) is 11.6 Å². The molecule has 2 heterocycles. The number of rotatable bonds is 5. The molecule has 5 heteroatoms. The number of nitrogens with zero attached hydrogens (tertiary/aromatic N) is 4. The van der Waals surface area contributed by atoms with Crippen LogP contribution in [0.2, 0.25) is 0 Å². The Morgan fingerprint density at radius 2 is 2.21 bits per heavy atom. The highest BCUT2D eigenvalue weighted by Crippen LogP contribution is 2.33. The zero-order valence-electron chi connectivity index (χ0n) is 12.9. The molecule has 108 valence electrons. The van der Waals surface area contributed by atoms with Crippen molar-refractivity contribution in [2.45, 2.75) is 45.7 Å². The minimum atomic E-state index is 0.296. The van der Waals surface area contributed by atoms with E-state index in [0.717, 1.165) is 37.1 Å². The van der Waals surface area contributed by atoms with Gasteiger partial charge in [-0.2, -0.15) is 5.10 Å². The largest absolute Gasteiger partial charge is 0.301 e. The molecule has 1 aliphatic heterocycles. The van der Waals surface area contributed by atoms with E-state index in [2.05, 4.69) is 59.8 Å². The SMILES string of the molecule is CCc1n[nH]c(CN(C)CC2CCN(C)C2(C)C)n1. The lowest BCUT2D eigenvalue weighted by atomic mass is 9.88. The number of aromatic nitrogens is 3. The van der Waals surface area contributed by atoms with Gasteiger partial charge in [-0.25, -0.2) is 4.98 Å². The first-order valence-electron chi connectivity index (χ1n) is 7.23. The molecule has 19 heavy (non-hydrogen) atoms. The first kappa shape index (κ1) is 14.5. The zero-order valence-corrected chi connectivity index (χ0v) is 12.9. The quantitative estimate of drug-likeness (QED) is 0.877. The molecule has 1 saturated heterocycles. The number of likely N-dealkylation sites (tertiary alicyclic amines) is 1. The van der Waals surface area contributed by atoms with Gasteiger partial charge in [-0.05, 0) is 46.8 Å². The Labute approximate surface area is 116 Å². The molecule has 0 radical (unpaired) electrons. The number of hydrogen-bond donors (Lipinski definition) is 1. The van der Waals surface area contributed by atoms with Crippen molar-refractivity contribution in [2.75, 3.05) is 27.2 Å². The number of aromatic amines is 1. The lowest BCUT2D eigenvalue weighted by Crippen LogP contribution is -2.43. The Hall–Kier alpha value is -0.940. The number of H-pyrrole nitrogens is 1. The molecular formula is C14H27N5. The maximum Gasteiger partial charge on any atom is 0.150 e. The Balaban J connectivity index is 1.89. The molecule has 0 bridgehead atoms. The summed E-state index contributed by atoms with van der Waals surface area (Å²) in [6.07, 6.45) is 2.17. The smallest absolute Gasteiger partial charge is 0.150 e. The van der Waals surface area contributed by atoms with E-state index in [4.69, 9.17) is 0 Å². The Bertz CT molecular complexity index is 412. The average Bonchev–Trinajstić information content (AvgIpc) is 2.89. The maximum absolute atomic E-state index is 4.48. The van der Waals surface area contributed by atoms with Gasteiger partial charge in [-0.3, -0.25) is 10.00 Å². The van der Waals surface area contributed by atoms with Crippen LogP contribution in [0.1, 0.15) is 38.8 Å². The van der Waals surface area contributed by atoms with Crippen molar-refractivity contribution in [1.29, 1.82) is 0 Å². The summed E-state index contributed by atoms with van der Waals surface area (Å²) in [5, 5.41) is 7.22. The molecule has 5 nitrogen and oxygen atoms in total. The summed E-state index contributed by atoms with van der Waals surface area (Å²) in [7, 11) is 4.40. The summed E-state index contributed by atoms with van der Waals surface area (Å²) in [6, 6.07) is 0. The molecule has 1 unspecified atom stereocenters. The van der Waals surface area contributed by atoms with Gasteiger partial charge in [-0.1, -0.05) is 6.92 Å². The summed E-state index contributed by atoms with van der Waals surface area (Å²) in [6.45, 7) is 9.94. The lowest BCUT2D eigenvalue weighted by molar-refractivity contribution is 0.139. The number of nitrogens with one attached hydrogen (secondary N) is 1.